The minimum Gasteiger partial charge on any atom is -0.462 e. The summed E-state index contributed by atoms with van der Waals surface area (Å²) in [6.45, 7) is 1.30. The predicted octanol–water partition coefficient (Wildman–Crippen LogP) is 1.83. The van der Waals surface area contributed by atoms with E-state index in [1.807, 2.05) is 0 Å². The molecule has 4 atom stereocenters. The average Bonchev–Trinajstić information content (AvgIpc) is 2.73. The Kier molecular flexibility index (Phi) is 3.59. The topological polar surface area (TPSA) is 80.7 Å². The molecule has 19 heavy (non-hydrogen) atoms. The first kappa shape index (κ1) is 14.6. The molecular formula is C11H16F2O5S. The lowest BCUT2D eigenvalue weighted by Crippen LogP contribution is -2.34. The number of alkyl halides is 2. The lowest BCUT2D eigenvalue weighted by molar-refractivity contribution is -0.149. The van der Waals surface area contributed by atoms with Crippen LogP contribution in [0.5, 0.6) is 0 Å². The summed E-state index contributed by atoms with van der Waals surface area (Å²) in [5, 5.41) is -4.10. The van der Waals surface area contributed by atoms with E-state index in [0.29, 0.717) is 19.3 Å². The molecule has 4 unspecified atom stereocenters. The first-order chi connectivity index (χ1) is 8.60. The van der Waals surface area contributed by atoms with E-state index in [1.165, 1.54) is 6.92 Å². The molecule has 0 aromatic heterocycles. The van der Waals surface area contributed by atoms with Crippen molar-refractivity contribution in [3.63, 3.8) is 0 Å². The van der Waals surface area contributed by atoms with Crippen LogP contribution in [0.2, 0.25) is 0 Å². The van der Waals surface area contributed by atoms with Crippen LogP contribution in [0.3, 0.4) is 0 Å². The van der Waals surface area contributed by atoms with Gasteiger partial charge in [-0.05, 0) is 37.0 Å². The van der Waals surface area contributed by atoms with Gasteiger partial charge < -0.3 is 4.74 Å². The van der Waals surface area contributed by atoms with Gasteiger partial charge in [0.05, 0.1) is 0 Å². The number of rotatable bonds is 4. The molecule has 0 aromatic carbocycles. The molecule has 110 valence electrons. The molecule has 0 heterocycles. The fraction of sp³-hybridized carbons (Fsp3) is 0.909. The van der Waals surface area contributed by atoms with Gasteiger partial charge in [-0.1, -0.05) is 0 Å². The zero-order valence-corrected chi connectivity index (χ0v) is 11.2. The van der Waals surface area contributed by atoms with Gasteiger partial charge in [0.1, 0.15) is 6.10 Å². The summed E-state index contributed by atoms with van der Waals surface area (Å²) in [6.07, 6.45) is 0.479. The van der Waals surface area contributed by atoms with Gasteiger partial charge in [0, 0.05) is 13.3 Å². The molecule has 0 radical (unpaired) electrons. The van der Waals surface area contributed by atoms with Gasteiger partial charge in [-0.2, -0.15) is 17.2 Å². The largest absolute Gasteiger partial charge is 0.462 e. The molecule has 1 N–H and O–H groups in total. The third kappa shape index (κ3) is 2.89. The molecule has 5 nitrogen and oxygen atoms in total. The van der Waals surface area contributed by atoms with E-state index in [-0.39, 0.29) is 17.9 Å². The average molecular weight is 298 g/mol. The second-order valence-corrected chi connectivity index (χ2v) is 7.00. The molecular weight excluding hydrogens is 282 g/mol. The van der Waals surface area contributed by atoms with E-state index in [4.69, 9.17) is 9.29 Å². The normalized spacial score (nSPS) is 34.5. The number of ether oxygens (including phenoxy) is 1. The Labute approximate surface area is 110 Å². The van der Waals surface area contributed by atoms with Gasteiger partial charge in [-0.15, -0.1) is 0 Å². The molecule has 8 heteroatoms. The standard InChI is InChI=1S/C11H16F2O5S/c1-6(14)18-10-4-7-2-8(10)3-9(7)5-11(12,13)19(15,16)17/h7-10H,2-5H2,1H3,(H,15,16,17). The summed E-state index contributed by atoms with van der Waals surface area (Å²) in [4.78, 5) is 10.9. The molecule has 0 spiro atoms. The highest BCUT2D eigenvalue weighted by molar-refractivity contribution is 7.86. The van der Waals surface area contributed by atoms with Gasteiger partial charge in [-0.25, -0.2) is 0 Å². The molecule has 0 aliphatic heterocycles. The van der Waals surface area contributed by atoms with E-state index in [9.17, 15) is 22.0 Å². The molecule has 0 saturated heterocycles. The second-order valence-electron chi connectivity index (χ2n) is 5.45. The molecule has 2 saturated carbocycles. The van der Waals surface area contributed by atoms with Crippen molar-refractivity contribution in [2.45, 2.75) is 44.0 Å². The van der Waals surface area contributed by atoms with Crippen molar-refractivity contribution in [3.05, 3.63) is 0 Å². The van der Waals surface area contributed by atoms with Gasteiger partial charge in [0.2, 0.25) is 0 Å². The van der Waals surface area contributed by atoms with Crippen LogP contribution >= 0.6 is 0 Å². The maximum absolute atomic E-state index is 13.3. The van der Waals surface area contributed by atoms with Crippen molar-refractivity contribution in [1.82, 2.24) is 0 Å². The van der Waals surface area contributed by atoms with Crippen molar-refractivity contribution >= 4 is 16.1 Å². The van der Waals surface area contributed by atoms with Crippen LogP contribution in [-0.4, -0.2) is 30.3 Å². The fourth-order valence-electron chi connectivity index (χ4n) is 3.36. The highest BCUT2D eigenvalue weighted by Gasteiger charge is 2.53. The van der Waals surface area contributed by atoms with Crippen LogP contribution in [-0.2, 0) is 19.6 Å². The van der Waals surface area contributed by atoms with Crippen LogP contribution in [0, 0.1) is 17.8 Å². The number of hydrogen-bond donors (Lipinski definition) is 1. The molecule has 2 aliphatic carbocycles. The zero-order valence-electron chi connectivity index (χ0n) is 10.4. The van der Waals surface area contributed by atoms with E-state index in [0.717, 1.165) is 0 Å². The molecule has 2 bridgehead atoms. The number of hydrogen-bond acceptors (Lipinski definition) is 4. The van der Waals surface area contributed by atoms with Crippen LogP contribution in [0.4, 0.5) is 8.78 Å². The minimum absolute atomic E-state index is 0.0242. The van der Waals surface area contributed by atoms with E-state index >= 15 is 0 Å². The van der Waals surface area contributed by atoms with Crippen LogP contribution in [0.25, 0.3) is 0 Å². The quantitative estimate of drug-likeness (QED) is 0.632. The summed E-state index contributed by atoms with van der Waals surface area (Å²) in [6, 6.07) is 0. The molecule has 2 aliphatic rings. The Bertz CT molecular complexity index is 475. The third-order valence-corrected chi connectivity index (χ3v) is 5.05. The third-order valence-electron chi connectivity index (χ3n) is 4.13. The summed E-state index contributed by atoms with van der Waals surface area (Å²) in [5.41, 5.74) is 0. The highest BCUT2D eigenvalue weighted by atomic mass is 32.2. The predicted molar refractivity (Wildman–Crippen MR) is 61.0 cm³/mol. The SMILES string of the molecule is CC(=O)OC1CC2CC1CC2CC(F)(F)S(=O)(=O)O. The number of esters is 1. The summed E-state index contributed by atoms with van der Waals surface area (Å²) in [7, 11) is -5.36. The Morgan fingerprint density at radius 1 is 1.32 bits per heavy atom. The van der Waals surface area contributed by atoms with Crippen LogP contribution in [0.15, 0.2) is 0 Å². The van der Waals surface area contributed by atoms with Crippen molar-refractivity contribution in [2.24, 2.45) is 17.8 Å². The first-order valence-corrected chi connectivity index (χ1v) is 7.56. The van der Waals surface area contributed by atoms with Gasteiger partial charge >= 0.3 is 21.3 Å². The Morgan fingerprint density at radius 2 is 1.95 bits per heavy atom. The maximum atomic E-state index is 13.3. The molecule has 0 amide bonds. The Morgan fingerprint density at radius 3 is 2.37 bits per heavy atom. The van der Waals surface area contributed by atoms with Crippen molar-refractivity contribution in [3.8, 4) is 0 Å². The minimum atomic E-state index is -5.36. The Hall–Kier alpha value is -0.760. The number of fused-ring (bicyclic) bond motifs is 2. The monoisotopic (exact) mass is 298 g/mol. The summed E-state index contributed by atoms with van der Waals surface area (Å²) >= 11 is 0. The Balaban J connectivity index is 1.97. The van der Waals surface area contributed by atoms with Crippen molar-refractivity contribution in [1.29, 1.82) is 0 Å². The lowest BCUT2D eigenvalue weighted by Gasteiger charge is -2.29. The number of halogens is 2. The van der Waals surface area contributed by atoms with Crippen LogP contribution < -0.4 is 0 Å². The number of carbonyl (C=O) groups is 1. The van der Waals surface area contributed by atoms with Crippen molar-refractivity contribution < 1.29 is 31.3 Å². The van der Waals surface area contributed by atoms with Crippen LogP contribution in [0.1, 0.15) is 32.6 Å². The lowest BCUT2D eigenvalue weighted by atomic mass is 9.85. The van der Waals surface area contributed by atoms with E-state index in [1.54, 1.807) is 0 Å². The zero-order chi connectivity index (χ0) is 14.4. The van der Waals surface area contributed by atoms with Gasteiger partial charge in [-0.3, -0.25) is 9.35 Å². The fourth-order valence-corrected chi connectivity index (χ4v) is 3.78. The van der Waals surface area contributed by atoms with Gasteiger partial charge in [0.25, 0.3) is 0 Å². The molecule has 2 fully saturated rings. The first-order valence-electron chi connectivity index (χ1n) is 6.12. The van der Waals surface area contributed by atoms with E-state index < -0.39 is 33.7 Å². The maximum Gasteiger partial charge on any atom is 0.370 e. The van der Waals surface area contributed by atoms with E-state index in [2.05, 4.69) is 0 Å². The summed E-state index contributed by atoms with van der Waals surface area (Å²) < 4.78 is 61.4. The van der Waals surface area contributed by atoms with Gasteiger partial charge in [0.15, 0.2) is 0 Å². The molecule has 0 aromatic rings. The second kappa shape index (κ2) is 4.66. The highest BCUT2D eigenvalue weighted by Crippen LogP contribution is 2.53. The van der Waals surface area contributed by atoms with Crippen molar-refractivity contribution in [2.75, 3.05) is 0 Å². The number of carbonyl (C=O) groups excluding carboxylic acids is 1. The smallest absolute Gasteiger partial charge is 0.370 e. The summed E-state index contributed by atoms with van der Waals surface area (Å²) in [5.74, 6) is -0.885. The molecule has 2 rings (SSSR count).